The summed E-state index contributed by atoms with van der Waals surface area (Å²) in [6.07, 6.45) is 1.36. The maximum absolute atomic E-state index is 13.6. The molecule has 2 aromatic rings. The normalized spacial score (nSPS) is 17.5. The number of carbonyl (C=O) groups is 2. The number of carbonyl (C=O) groups excluding carboxylic acids is 2. The first-order valence-corrected chi connectivity index (χ1v) is 7.94. The van der Waals surface area contributed by atoms with E-state index in [1.807, 2.05) is 11.4 Å². The zero-order valence-corrected chi connectivity index (χ0v) is 12.6. The lowest BCUT2D eigenvalue weighted by atomic mass is 10.2. The van der Waals surface area contributed by atoms with Crippen LogP contribution in [0.15, 0.2) is 41.8 Å². The van der Waals surface area contributed by atoms with Gasteiger partial charge in [0, 0.05) is 6.54 Å². The van der Waals surface area contributed by atoms with Gasteiger partial charge in [-0.1, -0.05) is 18.2 Å². The van der Waals surface area contributed by atoms with E-state index in [9.17, 15) is 14.0 Å². The SMILES string of the molecule is O=C(Nc1ccccc1F)[C@@H]1CCCN1C(=O)c1cccs1. The maximum Gasteiger partial charge on any atom is 0.264 e. The van der Waals surface area contributed by atoms with E-state index in [0.29, 0.717) is 17.8 Å². The van der Waals surface area contributed by atoms with Crippen LogP contribution < -0.4 is 5.32 Å². The first-order valence-electron chi connectivity index (χ1n) is 7.06. The number of hydrogen-bond donors (Lipinski definition) is 1. The second-order valence-corrected chi connectivity index (χ2v) is 6.05. The molecule has 1 fully saturated rings. The smallest absolute Gasteiger partial charge is 0.264 e. The van der Waals surface area contributed by atoms with Crippen LogP contribution in [0.5, 0.6) is 0 Å². The Morgan fingerprint density at radius 3 is 2.77 bits per heavy atom. The van der Waals surface area contributed by atoms with Crippen molar-refractivity contribution in [2.24, 2.45) is 0 Å². The molecule has 2 amide bonds. The number of thiophene rings is 1. The second kappa shape index (κ2) is 6.27. The van der Waals surface area contributed by atoms with Crippen LogP contribution in [-0.2, 0) is 4.79 Å². The standard InChI is InChI=1S/C16H15FN2O2S/c17-11-5-1-2-6-12(11)18-15(20)13-7-3-9-19(13)16(21)14-8-4-10-22-14/h1-2,4-6,8,10,13H,3,7,9H2,(H,18,20)/t13-/m0/s1. The maximum atomic E-state index is 13.6. The van der Waals surface area contributed by atoms with Gasteiger partial charge >= 0.3 is 0 Å². The number of benzene rings is 1. The molecule has 3 rings (SSSR count). The van der Waals surface area contributed by atoms with Crippen molar-refractivity contribution >= 4 is 28.8 Å². The lowest BCUT2D eigenvalue weighted by Gasteiger charge is -2.23. The topological polar surface area (TPSA) is 49.4 Å². The highest BCUT2D eigenvalue weighted by molar-refractivity contribution is 7.12. The van der Waals surface area contributed by atoms with E-state index in [1.54, 1.807) is 23.1 Å². The number of hydrogen-bond acceptors (Lipinski definition) is 3. The van der Waals surface area contributed by atoms with Crippen LogP contribution in [0.3, 0.4) is 0 Å². The summed E-state index contributed by atoms with van der Waals surface area (Å²) in [6.45, 7) is 0.548. The summed E-state index contributed by atoms with van der Waals surface area (Å²) in [5.41, 5.74) is 0.142. The fourth-order valence-corrected chi connectivity index (χ4v) is 3.28. The molecule has 1 saturated heterocycles. The molecule has 4 nitrogen and oxygen atoms in total. The van der Waals surface area contributed by atoms with Gasteiger partial charge in [0.2, 0.25) is 5.91 Å². The molecule has 0 aliphatic carbocycles. The van der Waals surface area contributed by atoms with E-state index < -0.39 is 11.9 Å². The fourth-order valence-electron chi connectivity index (χ4n) is 2.60. The summed E-state index contributed by atoms with van der Waals surface area (Å²) in [6, 6.07) is 9.02. The summed E-state index contributed by atoms with van der Waals surface area (Å²) < 4.78 is 13.6. The Balaban J connectivity index is 1.74. The van der Waals surface area contributed by atoms with Gasteiger partial charge in [0.05, 0.1) is 10.6 Å². The van der Waals surface area contributed by atoms with E-state index in [-0.39, 0.29) is 17.5 Å². The predicted octanol–water partition coefficient (Wildman–Crippen LogP) is 3.13. The molecule has 0 saturated carbocycles. The molecule has 114 valence electrons. The van der Waals surface area contributed by atoms with E-state index in [0.717, 1.165) is 6.42 Å². The van der Waals surface area contributed by atoms with Gasteiger partial charge in [0.25, 0.3) is 5.91 Å². The molecule has 1 aliphatic rings. The van der Waals surface area contributed by atoms with Crippen LogP contribution >= 0.6 is 11.3 Å². The van der Waals surface area contributed by atoms with Crippen molar-refractivity contribution in [3.63, 3.8) is 0 Å². The van der Waals surface area contributed by atoms with Gasteiger partial charge in [-0.05, 0) is 36.4 Å². The third-order valence-corrected chi connectivity index (χ3v) is 4.54. The molecule has 0 spiro atoms. The van der Waals surface area contributed by atoms with Gasteiger partial charge in [-0.15, -0.1) is 11.3 Å². The van der Waals surface area contributed by atoms with Crippen LogP contribution in [-0.4, -0.2) is 29.3 Å². The summed E-state index contributed by atoms with van der Waals surface area (Å²) in [4.78, 5) is 27.0. The molecule has 1 aromatic carbocycles. The van der Waals surface area contributed by atoms with Crippen molar-refractivity contribution in [3.05, 3.63) is 52.5 Å². The Kier molecular flexibility index (Phi) is 4.20. The van der Waals surface area contributed by atoms with Crippen molar-refractivity contribution in [2.45, 2.75) is 18.9 Å². The molecule has 1 aliphatic heterocycles. The second-order valence-electron chi connectivity index (χ2n) is 5.10. The molecular weight excluding hydrogens is 303 g/mol. The number of amides is 2. The van der Waals surface area contributed by atoms with E-state index >= 15 is 0 Å². The third-order valence-electron chi connectivity index (χ3n) is 3.68. The minimum Gasteiger partial charge on any atom is -0.326 e. The summed E-state index contributed by atoms with van der Waals surface area (Å²) >= 11 is 1.36. The van der Waals surface area contributed by atoms with E-state index in [2.05, 4.69) is 5.32 Å². The Morgan fingerprint density at radius 2 is 2.05 bits per heavy atom. The van der Waals surface area contributed by atoms with Gasteiger partial charge in [-0.25, -0.2) is 4.39 Å². The van der Waals surface area contributed by atoms with Gasteiger partial charge in [0.15, 0.2) is 0 Å². The van der Waals surface area contributed by atoms with Gasteiger partial charge in [-0.3, -0.25) is 9.59 Å². The number of likely N-dealkylation sites (tertiary alicyclic amines) is 1. The summed E-state index contributed by atoms with van der Waals surface area (Å²) in [7, 11) is 0. The van der Waals surface area contributed by atoms with Crippen molar-refractivity contribution in [3.8, 4) is 0 Å². The first kappa shape index (κ1) is 14.7. The Morgan fingerprint density at radius 1 is 1.23 bits per heavy atom. The molecule has 1 N–H and O–H groups in total. The molecule has 1 aromatic heterocycles. The highest BCUT2D eigenvalue weighted by atomic mass is 32.1. The number of halogens is 1. The van der Waals surface area contributed by atoms with Gasteiger partial charge in [-0.2, -0.15) is 0 Å². The predicted molar refractivity (Wildman–Crippen MR) is 83.4 cm³/mol. The zero-order chi connectivity index (χ0) is 15.5. The molecule has 22 heavy (non-hydrogen) atoms. The number of anilines is 1. The molecule has 0 radical (unpaired) electrons. The molecular formula is C16H15FN2O2S. The van der Waals surface area contributed by atoms with Crippen molar-refractivity contribution < 1.29 is 14.0 Å². The minimum absolute atomic E-state index is 0.138. The van der Waals surface area contributed by atoms with Crippen LogP contribution in [0, 0.1) is 5.82 Å². The van der Waals surface area contributed by atoms with E-state index in [1.165, 1.54) is 23.5 Å². The van der Waals surface area contributed by atoms with Crippen LogP contribution in [0.4, 0.5) is 10.1 Å². The quantitative estimate of drug-likeness (QED) is 0.945. The molecule has 6 heteroatoms. The largest absolute Gasteiger partial charge is 0.326 e. The Bertz CT molecular complexity index is 687. The Labute approximate surface area is 131 Å². The summed E-state index contributed by atoms with van der Waals surface area (Å²) in [5, 5.41) is 4.41. The average molecular weight is 318 g/mol. The number of para-hydroxylation sites is 1. The van der Waals surface area contributed by atoms with Gasteiger partial charge in [0.1, 0.15) is 11.9 Å². The van der Waals surface area contributed by atoms with Crippen molar-refractivity contribution in [1.29, 1.82) is 0 Å². The molecule has 0 bridgehead atoms. The average Bonchev–Trinajstić information content (AvgIpc) is 3.20. The van der Waals surface area contributed by atoms with Crippen LogP contribution in [0.1, 0.15) is 22.5 Å². The van der Waals surface area contributed by atoms with Crippen LogP contribution in [0.2, 0.25) is 0 Å². The molecule has 2 heterocycles. The highest BCUT2D eigenvalue weighted by Crippen LogP contribution is 2.24. The monoisotopic (exact) mass is 318 g/mol. The fraction of sp³-hybridized carbons (Fsp3) is 0.250. The first-order chi connectivity index (χ1) is 10.7. The highest BCUT2D eigenvalue weighted by Gasteiger charge is 2.35. The summed E-state index contributed by atoms with van der Waals surface area (Å²) in [5.74, 6) is -0.960. The number of nitrogens with zero attached hydrogens (tertiary/aromatic N) is 1. The minimum atomic E-state index is -0.547. The molecule has 1 atom stereocenters. The lowest BCUT2D eigenvalue weighted by Crippen LogP contribution is -2.43. The van der Waals surface area contributed by atoms with E-state index in [4.69, 9.17) is 0 Å². The zero-order valence-electron chi connectivity index (χ0n) is 11.8. The van der Waals surface area contributed by atoms with Crippen molar-refractivity contribution in [2.75, 3.05) is 11.9 Å². The lowest BCUT2D eigenvalue weighted by molar-refractivity contribution is -0.119. The van der Waals surface area contributed by atoms with Crippen LogP contribution in [0.25, 0.3) is 0 Å². The van der Waals surface area contributed by atoms with Crippen molar-refractivity contribution in [1.82, 2.24) is 4.90 Å². The number of nitrogens with one attached hydrogen (secondary N) is 1. The third kappa shape index (κ3) is 2.87. The molecule has 0 unspecified atom stereocenters. The Hall–Kier alpha value is -2.21. The van der Waals surface area contributed by atoms with Gasteiger partial charge < -0.3 is 10.2 Å². The number of rotatable bonds is 3.